The number of unbranched alkanes of at least 4 members (excludes halogenated alkanes) is 1. The first-order chi connectivity index (χ1) is 18.3. The Morgan fingerprint density at radius 1 is 0.921 bits per heavy atom. The lowest BCUT2D eigenvalue weighted by molar-refractivity contribution is -0.170. The zero-order valence-electron chi connectivity index (χ0n) is 21.1. The zero-order valence-corrected chi connectivity index (χ0v) is 21.1. The van der Waals surface area contributed by atoms with Crippen LogP contribution in [0.5, 0.6) is 0 Å². The van der Waals surface area contributed by atoms with Crippen LogP contribution in [-0.2, 0) is 16.0 Å². The van der Waals surface area contributed by atoms with Crippen LogP contribution in [0.1, 0.15) is 61.3 Å². The molecule has 1 heterocycles. The summed E-state index contributed by atoms with van der Waals surface area (Å²) in [7, 11) is 0. The number of hydrogen-bond acceptors (Lipinski definition) is 3. The zero-order chi connectivity index (χ0) is 26.9. The molecular weight excluding hydrogens is 489 g/mol. The number of hydrogen-bond donors (Lipinski definition) is 1. The maximum Gasteiger partial charge on any atom is 0.471 e. The Morgan fingerprint density at radius 3 is 2.29 bits per heavy atom. The van der Waals surface area contributed by atoms with E-state index >= 15 is 0 Å². The Labute approximate surface area is 220 Å². The molecule has 7 heteroatoms. The second-order valence-electron chi connectivity index (χ2n) is 9.89. The third-order valence-electron chi connectivity index (χ3n) is 7.34. The number of amides is 1. The standard InChI is InChI=1S/C31H29F3N2O2/c1-2-3-9-20-14-16-22(17-15-20)29-28-25(18-23(19-27(28)37)21-10-5-4-6-11-21)35-24-12-7-8-13-26(24)36(29)30(38)31(32,33)34/h4-8,10-17,23,29,35H,2-3,9,18-19H2,1H3. The summed E-state index contributed by atoms with van der Waals surface area (Å²) in [5.41, 5.74) is 3.75. The van der Waals surface area contributed by atoms with Gasteiger partial charge in [0.2, 0.25) is 0 Å². The number of carbonyl (C=O) groups is 2. The number of nitrogens with zero attached hydrogens (tertiary/aromatic N) is 1. The average molecular weight is 519 g/mol. The molecule has 1 amide bonds. The molecule has 196 valence electrons. The first kappa shape index (κ1) is 25.8. The SMILES string of the molecule is CCCCc1ccc(C2C3=C(CC(c4ccccc4)CC3=O)Nc3ccccc3N2C(=O)C(F)(F)F)cc1. The van der Waals surface area contributed by atoms with Gasteiger partial charge in [0, 0.05) is 17.7 Å². The fourth-order valence-corrected chi connectivity index (χ4v) is 5.47. The summed E-state index contributed by atoms with van der Waals surface area (Å²) in [6, 6.07) is 22.1. The molecule has 2 atom stereocenters. The minimum absolute atomic E-state index is 0.0911. The molecule has 0 aromatic heterocycles. The van der Waals surface area contributed by atoms with Crippen molar-refractivity contribution >= 4 is 23.1 Å². The van der Waals surface area contributed by atoms with Gasteiger partial charge in [0.25, 0.3) is 0 Å². The predicted molar refractivity (Wildman–Crippen MR) is 142 cm³/mol. The third kappa shape index (κ3) is 4.97. The van der Waals surface area contributed by atoms with Gasteiger partial charge in [-0.15, -0.1) is 0 Å². The van der Waals surface area contributed by atoms with Gasteiger partial charge in [-0.2, -0.15) is 13.2 Å². The minimum Gasteiger partial charge on any atom is -0.357 e. The number of halogens is 3. The van der Waals surface area contributed by atoms with E-state index in [0.717, 1.165) is 35.3 Å². The van der Waals surface area contributed by atoms with Crippen LogP contribution in [0.3, 0.4) is 0 Å². The molecule has 4 nitrogen and oxygen atoms in total. The van der Waals surface area contributed by atoms with Crippen molar-refractivity contribution in [1.82, 2.24) is 0 Å². The van der Waals surface area contributed by atoms with Gasteiger partial charge in [-0.3, -0.25) is 14.5 Å². The van der Waals surface area contributed by atoms with Crippen LogP contribution in [-0.4, -0.2) is 17.9 Å². The fourth-order valence-electron chi connectivity index (χ4n) is 5.47. The van der Waals surface area contributed by atoms with Gasteiger partial charge in [0.15, 0.2) is 5.78 Å². The number of ketones is 1. The van der Waals surface area contributed by atoms with E-state index in [1.807, 2.05) is 42.5 Å². The summed E-state index contributed by atoms with van der Waals surface area (Å²) >= 11 is 0. The van der Waals surface area contributed by atoms with Gasteiger partial charge in [-0.1, -0.05) is 80.1 Å². The van der Waals surface area contributed by atoms with Crippen LogP contribution in [0.4, 0.5) is 24.5 Å². The average Bonchev–Trinajstić information content (AvgIpc) is 3.06. The minimum atomic E-state index is -5.12. The second kappa shape index (κ2) is 10.5. The molecule has 1 aliphatic heterocycles. The van der Waals surface area contributed by atoms with E-state index in [1.165, 1.54) is 6.07 Å². The highest BCUT2D eigenvalue weighted by Gasteiger charge is 2.49. The van der Waals surface area contributed by atoms with Crippen molar-refractivity contribution in [2.75, 3.05) is 10.2 Å². The number of allylic oxidation sites excluding steroid dienone is 1. The van der Waals surface area contributed by atoms with Crippen LogP contribution in [0, 0.1) is 0 Å². The van der Waals surface area contributed by atoms with Crippen LogP contribution in [0.2, 0.25) is 0 Å². The molecule has 0 bridgehead atoms. The molecule has 2 aliphatic rings. The lowest BCUT2D eigenvalue weighted by atomic mass is 9.78. The Hall–Kier alpha value is -3.87. The molecule has 3 aromatic rings. The molecule has 38 heavy (non-hydrogen) atoms. The number of rotatable bonds is 5. The normalized spacial score (nSPS) is 19.4. The van der Waals surface area contributed by atoms with Crippen molar-refractivity contribution in [3.63, 3.8) is 0 Å². The van der Waals surface area contributed by atoms with Gasteiger partial charge in [-0.05, 0) is 54.0 Å². The van der Waals surface area contributed by atoms with E-state index in [9.17, 15) is 22.8 Å². The van der Waals surface area contributed by atoms with Gasteiger partial charge < -0.3 is 5.32 Å². The summed E-state index contributed by atoms with van der Waals surface area (Å²) in [6.07, 6.45) is -1.66. The lowest BCUT2D eigenvalue weighted by Gasteiger charge is -2.35. The maximum absolute atomic E-state index is 14.0. The molecule has 5 rings (SSSR count). The van der Waals surface area contributed by atoms with Crippen molar-refractivity contribution in [2.45, 2.75) is 57.2 Å². The van der Waals surface area contributed by atoms with Gasteiger partial charge in [0.1, 0.15) is 0 Å². The molecule has 0 saturated heterocycles. The summed E-state index contributed by atoms with van der Waals surface area (Å²) < 4.78 is 42.1. The van der Waals surface area contributed by atoms with Crippen molar-refractivity contribution in [1.29, 1.82) is 0 Å². The van der Waals surface area contributed by atoms with E-state index in [0.29, 0.717) is 23.4 Å². The molecule has 0 saturated carbocycles. The van der Waals surface area contributed by atoms with Crippen LogP contribution >= 0.6 is 0 Å². The molecule has 2 unspecified atom stereocenters. The Balaban J connectivity index is 1.69. The molecule has 0 fully saturated rings. The predicted octanol–water partition coefficient (Wildman–Crippen LogP) is 7.49. The monoisotopic (exact) mass is 518 g/mol. The summed E-state index contributed by atoms with van der Waals surface area (Å²) in [5.74, 6) is -2.39. The number of alkyl halides is 3. The van der Waals surface area contributed by atoms with Crippen LogP contribution < -0.4 is 10.2 Å². The smallest absolute Gasteiger partial charge is 0.357 e. The second-order valence-corrected chi connectivity index (χ2v) is 9.89. The third-order valence-corrected chi connectivity index (χ3v) is 7.34. The number of aryl methyl sites for hydroxylation is 1. The van der Waals surface area contributed by atoms with Gasteiger partial charge >= 0.3 is 12.1 Å². The lowest BCUT2D eigenvalue weighted by Crippen LogP contribution is -2.45. The van der Waals surface area contributed by atoms with Gasteiger partial charge in [-0.25, -0.2) is 0 Å². The Morgan fingerprint density at radius 2 is 1.61 bits per heavy atom. The largest absolute Gasteiger partial charge is 0.471 e. The quantitative estimate of drug-likeness (QED) is 0.381. The van der Waals surface area contributed by atoms with Crippen molar-refractivity contribution in [2.24, 2.45) is 0 Å². The maximum atomic E-state index is 14.0. The highest BCUT2D eigenvalue weighted by atomic mass is 19.4. The number of para-hydroxylation sites is 2. The van der Waals surface area contributed by atoms with Crippen molar-refractivity contribution in [3.05, 3.63) is 107 Å². The molecule has 0 radical (unpaired) electrons. The first-order valence-corrected chi connectivity index (χ1v) is 12.9. The summed E-state index contributed by atoms with van der Waals surface area (Å²) in [6.45, 7) is 2.09. The topological polar surface area (TPSA) is 49.4 Å². The summed E-state index contributed by atoms with van der Waals surface area (Å²) in [5, 5.41) is 3.26. The van der Waals surface area contributed by atoms with Crippen molar-refractivity contribution < 1.29 is 22.8 Å². The van der Waals surface area contributed by atoms with Crippen molar-refractivity contribution in [3.8, 4) is 0 Å². The van der Waals surface area contributed by atoms with Crippen LogP contribution in [0.25, 0.3) is 0 Å². The molecule has 1 N–H and O–H groups in total. The Bertz CT molecular complexity index is 1360. The molecule has 1 aliphatic carbocycles. The molecule has 3 aromatic carbocycles. The highest BCUT2D eigenvalue weighted by Crippen LogP contribution is 2.48. The van der Waals surface area contributed by atoms with Crippen LogP contribution in [0.15, 0.2) is 90.1 Å². The van der Waals surface area contributed by atoms with E-state index in [-0.39, 0.29) is 29.4 Å². The van der Waals surface area contributed by atoms with E-state index < -0.39 is 18.1 Å². The number of Topliss-reactive ketones (excluding diaryl/α,β-unsaturated/α-hetero) is 1. The first-order valence-electron chi connectivity index (χ1n) is 12.9. The Kier molecular flexibility index (Phi) is 7.11. The van der Waals surface area contributed by atoms with Gasteiger partial charge in [0.05, 0.1) is 17.4 Å². The molecular formula is C31H29F3N2O2. The highest BCUT2D eigenvalue weighted by molar-refractivity contribution is 6.07. The summed E-state index contributed by atoms with van der Waals surface area (Å²) in [4.78, 5) is 27.6. The van der Waals surface area contributed by atoms with E-state index in [1.54, 1.807) is 30.3 Å². The fraction of sp³-hybridized carbons (Fsp3) is 0.290. The van der Waals surface area contributed by atoms with E-state index in [2.05, 4.69) is 12.2 Å². The number of fused-ring (bicyclic) bond motifs is 1. The molecule has 0 spiro atoms. The van der Waals surface area contributed by atoms with E-state index in [4.69, 9.17) is 0 Å². The number of anilines is 2. The number of benzene rings is 3. The number of nitrogens with one attached hydrogen (secondary N) is 1. The number of carbonyl (C=O) groups excluding carboxylic acids is 2.